The van der Waals surface area contributed by atoms with Crippen molar-refractivity contribution in [3.63, 3.8) is 0 Å². The lowest BCUT2D eigenvalue weighted by Crippen LogP contribution is -2.41. The Morgan fingerprint density at radius 1 is 1.22 bits per heavy atom. The summed E-state index contributed by atoms with van der Waals surface area (Å²) in [4.78, 5) is 35.9. The Hall–Kier alpha value is -2.42. The van der Waals surface area contributed by atoms with Gasteiger partial charge in [-0.25, -0.2) is 4.98 Å². The zero-order valence-electron chi connectivity index (χ0n) is 21.1. The fourth-order valence-electron chi connectivity index (χ4n) is 4.72. The Kier molecular flexibility index (Phi) is 8.17. The molecule has 2 unspecified atom stereocenters. The predicted octanol–water partition coefficient (Wildman–Crippen LogP) is 1.43. The van der Waals surface area contributed by atoms with Crippen LogP contribution in [0.25, 0.3) is 11.2 Å². The fourth-order valence-corrected chi connectivity index (χ4v) is 4.72. The summed E-state index contributed by atoms with van der Waals surface area (Å²) in [6.45, 7) is 4.85. The summed E-state index contributed by atoms with van der Waals surface area (Å²) in [5.41, 5.74) is -0.300. The van der Waals surface area contributed by atoms with Crippen molar-refractivity contribution in [2.24, 2.45) is 5.92 Å². The largest absolute Gasteiger partial charge is 0.386 e. The van der Waals surface area contributed by atoms with Crippen molar-refractivity contribution in [1.29, 1.82) is 0 Å². The lowest BCUT2D eigenvalue weighted by atomic mass is 10.1. The van der Waals surface area contributed by atoms with Gasteiger partial charge in [-0.3, -0.25) is 24.5 Å². The zero-order chi connectivity index (χ0) is 25.9. The van der Waals surface area contributed by atoms with Crippen molar-refractivity contribution in [1.82, 2.24) is 19.5 Å². The van der Waals surface area contributed by atoms with E-state index in [1.807, 2.05) is 0 Å². The summed E-state index contributed by atoms with van der Waals surface area (Å²) in [7, 11) is 0. The second-order valence-electron chi connectivity index (χ2n) is 9.96. The second kappa shape index (κ2) is 11.5. The molecule has 13 nitrogen and oxygen atoms in total. The number of aliphatic hydroxyl groups is 1. The van der Waals surface area contributed by atoms with Gasteiger partial charge in [0.2, 0.25) is 11.9 Å². The first-order valence-electron chi connectivity index (χ1n) is 13.0. The molecule has 2 aromatic rings. The van der Waals surface area contributed by atoms with Crippen molar-refractivity contribution in [3.8, 4) is 0 Å². The van der Waals surface area contributed by atoms with E-state index in [4.69, 9.17) is 23.7 Å². The lowest BCUT2D eigenvalue weighted by Gasteiger charge is -2.30. The van der Waals surface area contributed by atoms with Crippen molar-refractivity contribution in [3.05, 3.63) is 16.7 Å². The monoisotopic (exact) mass is 521 g/mol. The summed E-state index contributed by atoms with van der Waals surface area (Å²) in [6, 6.07) is 0. The van der Waals surface area contributed by atoms with Crippen LogP contribution in [0.15, 0.2) is 11.1 Å². The van der Waals surface area contributed by atoms with E-state index in [9.17, 15) is 14.7 Å². The number of ether oxygens (including phenoxy) is 5. The maximum absolute atomic E-state index is 12.6. The Labute approximate surface area is 213 Å². The molecule has 3 fully saturated rings. The van der Waals surface area contributed by atoms with Crippen LogP contribution in [0.5, 0.6) is 0 Å². The van der Waals surface area contributed by atoms with E-state index in [1.165, 1.54) is 10.9 Å². The first-order valence-corrected chi connectivity index (χ1v) is 13.0. The second-order valence-corrected chi connectivity index (χ2v) is 9.96. The average Bonchev–Trinajstić information content (AvgIpc) is 3.45. The number of anilines is 1. The minimum absolute atomic E-state index is 0.0110. The van der Waals surface area contributed by atoms with Crippen LogP contribution in [0, 0.1) is 5.92 Å². The highest BCUT2D eigenvalue weighted by molar-refractivity contribution is 5.91. The number of H-pyrrole nitrogens is 1. The van der Waals surface area contributed by atoms with E-state index in [1.54, 1.807) is 13.8 Å². The normalized spacial score (nSPS) is 30.7. The van der Waals surface area contributed by atoms with Crippen molar-refractivity contribution in [2.45, 2.75) is 89.5 Å². The molecule has 0 aliphatic carbocycles. The number of aromatic nitrogens is 4. The maximum atomic E-state index is 12.6. The Morgan fingerprint density at radius 3 is 2.62 bits per heavy atom. The van der Waals surface area contributed by atoms with Crippen LogP contribution in [0.4, 0.5) is 5.95 Å². The number of aliphatic hydroxyl groups excluding tert-OH is 1. The summed E-state index contributed by atoms with van der Waals surface area (Å²) in [6.07, 6.45) is 2.61. The number of nitrogens with one attached hydrogen (secondary N) is 2. The van der Waals surface area contributed by atoms with Gasteiger partial charge in [-0.2, -0.15) is 4.98 Å². The number of fused-ring (bicyclic) bond motifs is 1. The third kappa shape index (κ3) is 5.86. The van der Waals surface area contributed by atoms with Crippen LogP contribution in [-0.2, 0) is 28.5 Å². The van der Waals surface area contributed by atoms with Crippen LogP contribution in [0.3, 0.4) is 0 Å². The zero-order valence-corrected chi connectivity index (χ0v) is 21.1. The molecule has 6 atom stereocenters. The SMILES string of the molecule is CC(C)C(=O)Nc1nc2c(ncn2[C@@H]2O[C@H](COC3CCCCO3)[C@@H](OC3CCCCO3)[C@@H]2O)c(=O)[nH]1. The molecule has 5 rings (SSSR count). The van der Waals surface area contributed by atoms with Gasteiger partial charge in [0.1, 0.15) is 18.3 Å². The minimum Gasteiger partial charge on any atom is -0.386 e. The van der Waals surface area contributed by atoms with Crippen molar-refractivity contribution >= 4 is 23.0 Å². The van der Waals surface area contributed by atoms with E-state index >= 15 is 0 Å². The van der Waals surface area contributed by atoms with Crippen LogP contribution >= 0.6 is 0 Å². The lowest BCUT2D eigenvalue weighted by molar-refractivity contribution is -0.223. The molecule has 13 heteroatoms. The maximum Gasteiger partial charge on any atom is 0.280 e. The molecule has 1 amide bonds. The quantitative estimate of drug-likeness (QED) is 0.464. The van der Waals surface area contributed by atoms with E-state index in [-0.39, 0.29) is 41.8 Å². The summed E-state index contributed by atoms with van der Waals surface area (Å²) in [5, 5.41) is 13.9. The number of amides is 1. The van der Waals surface area contributed by atoms with Gasteiger partial charge in [-0.05, 0) is 38.5 Å². The van der Waals surface area contributed by atoms with Gasteiger partial charge in [0.15, 0.2) is 30.0 Å². The highest BCUT2D eigenvalue weighted by atomic mass is 16.7. The Morgan fingerprint density at radius 2 is 1.95 bits per heavy atom. The molecule has 37 heavy (non-hydrogen) atoms. The third-order valence-corrected chi connectivity index (χ3v) is 6.81. The molecular formula is C24H35N5O8. The van der Waals surface area contributed by atoms with Gasteiger partial charge in [0, 0.05) is 19.1 Å². The number of hydrogen-bond acceptors (Lipinski definition) is 10. The van der Waals surface area contributed by atoms with Gasteiger partial charge in [0.25, 0.3) is 5.56 Å². The number of imidazole rings is 1. The molecule has 3 N–H and O–H groups in total. The number of nitrogens with zero attached hydrogens (tertiary/aromatic N) is 3. The van der Waals surface area contributed by atoms with E-state index in [0.717, 1.165) is 38.5 Å². The van der Waals surface area contributed by atoms with Gasteiger partial charge in [-0.15, -0.1) is 0 Å². The van der Waals surface area contributed by atoms with Crippen molar-refractivity contribution in [2.75, 3.05) is 25.1 Å². The van der Waals surface area contributed by atoms with E-state index in [0.29, 0.717) is 13.2 Å². The molecule has 0 bridgehead atoms. The fraction of sp³-hybridized carbons (Fsp3) is 0.750. The molecule has 0 saturated carbocycles. The molecular weight excluding hydrogens is 486 g/mol. The van der Waals surface area contributed by atoms with Gasteiger partial charge in [-0.1, -0.05) is 13.8 Å². The summed E-state index contributed by atoms with van der Waals surface area (Å²) >= 11 is 0. The van der Waals surface area contributed by atoms with E-state index < -0.39 is 36.4 Å². The number of rotatable bonds is 8. The van der Waals surface area contributed by atoms with Crippen LogP contribution in [0.2, 0.25) is 0 Å². The number of carbonyl (C=O) groups excluding carboxylic acids is 1. The minimum atomic E-state index is -1.13. The van der Waals surface area contributed by atoms with Gasteiger partial charge in [0.05, 0.1) is 12.9 Å². The molecule has 0 radical (unpaired) electrons. The standard InChI is InChI=1S/C24H35N5O8/c1-13(2)21(31)27-24-26-20-17(22(32)28-24)25-12-29(20)23-18(30)19(37-16-8-4-6-10-34-16)14(36-23)11-35-15-7-3-5-9-33-15/h12-16,18-19,23,30H,3-11H2,1-2H3,(H2,26,27,28,31,32)/t14-,15?,16?,18+,19-,23-/m1/s1. The van der Waals surface area contributed by atoms with Gasteiger partial charge < -0.3 is 28.8 Å². The Bertz CT molecular complexity index is 1120. The first kappa shape index (κ1) is 26.2. The summed E-state index contributed by atoms with van der Waals surface area (Å²) < 4.78 is 31.3. The third-order valence-electron chi connectivity index (χ3n) is 6.81. The number of aromatic amines is 1. The predicted molar refractivity (Wildman–Crippen MR) is 130 cm³/mol. The van der Waals surface area contributed by atoms with Gasteiger partial charge >= 0.3 is 0 Å². The summed E-state index contributed by atoms with van der Waals surface area (Å²) in [5.74, 6) is -0.614. The molecule has 5 heterocycles. The number of carbonyl (C=O) groups is 1. The molecule has 2 aromatic heterocycles. The Balaban J connectivity index is 1.39. The smallest absolute Gasteiger partial charge is 0.280 e. The van der Waals surface area contributed by atoms with Crippen LogP contribution in [-0.4, -0.2) is 81.2 Å². The molecule has 204 valence electrons. The van der Waals surface area contributed by atoms with Crippen LogP contribution in [0.1, 0.15) is 58.6 Å². The molecule has 3 aliphatic heterocycles. The number of hydrogen-bond donors (Lipinski definition) is 3. The van der Waals surface area contributed by atoms with E-state index in [2.05, 4.69) is 20.3 Å². The topological polar surface area (TPSA) is 159 Å². The average molecular weight is 522 g/mol. The molecule has 3 aliphatic rings. The first-order chi connectivity index (χ1) is 17.9. The highest BCUT2D eigenvalue weighted by Gasteiger charge is 2.48. The van der Waals surface area contributed by atoms with Crippen molar-refractivity contribution < 1.29 is 33.6 Å². The molecule has 3 saturated heterocycles. The van der Waals surface area contributed by atoms with Crippen LogP contribution < -0.4 is 10.9 Å². The highest BCUT2D eigenvalue weighted by Crippen LogP contribution is 2.35. The molecule has 0 spiro atoms. The molecule has 0 aromatic carbocycles.